The van der Waals surface area contributed by atoms with Gasteiger partial charge in [-0.2, -0.15) is 0 Å². The van der Waals surface area contributed by atoms with E-state index in [1.165, 1.54) is 115 Å². The molecule has 13 aromatic rings. The summed E-state index contributed by atoms with van der Waals surface area (Å²) >= 11 is 0. The average molecular weight is 886 g/mol. The second-order valence-electron chi connectivity index (χ2n) is 19.1. The maximum absolute atomic E-state index is 2.60. The first-order valence-corrected chi connectivity index (χ1v) is 24.4. The summed E-state index contributed by atoms with van der Waals surface area (Å²) in [6.45, 7) is 0. The molecule has 0 aromatic heterocycles. The lowest BCUT2D eigenvalue weighted by atomic mass is 9.70. The highest BCUT2D eigenvalue weighted by atomic mass is 15.1. The van der Waals surface area contributed by atoms with Crippen molar-refractivity contribution in [3.63, 3.8) is 0 Å². The molecule has 0 aliphatic heterocycles. The van der Waals surface area contributed by atoms with E-state index in [1.54, 1.807) is 0 Å². The molecule has 0 N–H and O–H groups in total. The van der Waals surface area contributed by atoms with Gasteiger partial charge in [0.05, 0.1) is 16.8 Å². The highest BCUT2D eigenvalue weighted by molar-refractivity contribution is 6.26. The maximum Gasteiger partial charge on any atom is 0.0726 e. The molecule has 1 heteroatoms. The summed E-state index contributed by atoms with van der Waals surface area (Å²) in [5.74, 6) is 0. The number of benzene rings is 13. The van der Waals surface area contributed by atoms with Gasteiger partial charge in [0, 0.05) is 16.6 Å². The molecule has 70 heavy (non-hydrogen) atoms. The van der Waals surface area contributed by atoms with Crippen LogP contribution in [0.4, 0.5) is 17.1 Å². The summed E-state index contributed by atoms with van der Waals surface area (Å²) < 4.78 is 0. The summed E-state index contributed by atoms with van der Waals surface area (Å²) in [7, 11) is 0. The van der Waals surface area contributed by atoms with Crippen LogP contribution in [0.5, 0.6) is 0 Å². The Kier molecular flexibility index (Phi) is 8.35. The smallest absolute Gasteiger partial charge is 0.0726 e. The van der Waals surface area contributed by atoms with E-state index in [9.17, 15) is 0 Å². The van der Waals surface area contributed by atoms with E-state index < -0.39 is 5.41 Å². The van der Waals surface area contributed by atoms with Gasteiger partial charge >= 0.3 is 0 Å². The molecular weight excluding hydrogens is 843 g/mol. The normalized spacial score (nSPS) is 13.0. The van der Waals surface area contributed by atoms with Crippen LogP contribution in [0.15, 0.2) is 261 Å². The number of anilines is 3. The second kappa shape index (κ2) is 15.0. The summed E-state index contributed by atoms with van der Waals surface area (Å²) in [6, 6.07) is 97.9. The predicted molar refractivity (Wildman–Crippen MR) is 296 cm³/mol. The van der Waals surface area contributed by atoms with Crippen molar-refractivity contribution in [2.45, 2.75) is 5.41 Å². The van der Waals surface area contributed by atoms with Crippen molar-refractivity contribution in [1.82, 2.24) is 0 Å². The molecular formula is C69H43N. The van der Waals surface area contributed by atoms with Gasteiger partial charge in [0.15, 0.2) is 0 Å². The molecule has 0 fully saturated rings. The van der Waals surface area contributed by atoms with Crippen molar-refractivity contribution in [2.75, 3.05) is 4.90 Å². The lowest BCUT2D eigenvalue weighted by Crippen LogP contribution is -2.26. The Morgan fingerprint density at radius 1 is 0.229 bits per heavy atom. The van der Waals surface area contributed by atoms with Crippen LogP contribution >= 0.6 is 0 Å². The van der Waals surface area contributed by atoms with Crippen LogP contribution in [0.1, 0.15) is 22.3 Å². The van der Waals surface area contributed by atoms with Gasteiger partial charge in [-0.05, 0) is 146 Å². The Labute approximate surface area is 406 Å². The van der Waals surface area contributed by atoms with E-state index >= 15 is 0 Å². The van der Waals surface area contributed by atoms with Crippen molar-refractivity contribution < 1.29 is 0 Å². The third-order valence-electron chi connectivity index (χ3n) is 15.6. The van der Waals surface area contributed by atoms with Crippen LogP contribution in [0.2, 0.25) is 0 Å². The fourth-order valence-corrected chi connectivity index (χ4v) is 12.7. The van der Waals surface area contributed by atoms with Gasteiger partial charge in [-0.25, -0.2) is 0 Å². The van der Waals surface area contributed by atoms with Crippen LogP contribution in [0.25, 0.3) is 98.4 Å². The lowest BCUT2D eigenvalue weighted by Gasteiger charge is -2.34. The quantitative estimate of drug-likeness (QED) is 0.156. The molecule has 0 amide bonds. The van der Waals surface area contributed by atoms with Gasteiger partial charge in [-0.1, -0.05) is 224 Å². The third-order valence-corrected chi connectivity index (χ3v) is 15.6. The topological polar surface area (TPSA) is 3.24 Å². The van der Waals surface area contributed by atoms with E-state index in [0.29, 0.717) is 0 Å². The number of nitrogens with zero attached hydrogens (tertiary/aromatic N) is 1. The molecule has 0 atom stereocenters. The SMILES string of the molecule is c1ccc(-c2cccc(-c3cc4c(cc3N(c3ccc5c6ccccc6c6ccccc6c5c3)c3cc5ccccc5c5ccccc35)C3(c5ccccc5-c5ccccc53)c3ccccc3-4)c2)cc1. The van der Waals surface area contributed by atoms with Gasteiger partial charge in [0.2, 0.25) is 0 Å². The zero-order valence-corrected chi connectivity index (χ0v) is 38.3. The van der Waals surface area contributed by atoms with Crippen LogP contribution in [-0.4, -0.2) is 0 Å². The fourth-order valence-electron chi connectivity index (χ4n) is 12.7. The largest absolute Gasteiger partial charge is 0.309 e. The Morgan fingerprint density at radius 2 is 0.700 bits per heavy atom. The van der Waals surface area contributed by atoms with Crippen LogP contribution in [0, 0.1) is 0 Å². The first-order valence-electron chi connectivity index (χ1n) is 24.4. The highest BCUT2D eigenvalue weighted by Gasteiger charge is 2.52. The van der Waals surface area contributed by atoms with Crippen molar-refractivity contribution in [3.8, 4) is 44.5 Å². The number of fused-ring (bicyclic) bond motifs is 19. The van der Waals surface area contributed by atoms with Crippen molar-refractivity contribution in [1.29, 1.82) is 0 Å². The molecule has 324 valence electrons. The van der Waals surface area contributed by atoms with Gasteiger partial charge in [-0.3, -0.25) is 0 Å². The molecule has 1 spiro atoms. The van der Waals surface area contributed by atoms with Crippen molar-refractivity contribution >= 4 is 70.9 Å². The summed E-state index contributed by atoms with van der Waals surface area (Å²) in [5, 5.41) is 12.4. The van der Waals surface area contributed by atoms with Crippen LogP contribution in [-0.2, 0) is 5.41 Å². The molecule has 1 nitrogen and oxygen atoms in total. The summed E-state index contributed by atoms with van der Waals surface area (Å²) in [4.78, 5) is 2.60. The van der Waals surface area contributed by atoms with E-state index in [1.807, 2.05) is 0 Å². The Hall–Kier alpha value is -9.04. The van der Waals surface area contributed by atoms with Gasteiger partial charge in [0.1, 0.15) is 0 Å². The standard InChI is InChI=1S/C69H43N/c1-2-19-44(20-3-1)45-22-18-23-46(39-45)60-42-62-58-32-14-17-36-65(58)69(63-34-15-12-30-56(63)57-31-13-16-35-64(57)69)66(62)43-68(60)70(67-40-47-21-4-5-24-49(47)50-25-10-11-33-59(50)67)48-37-38-55-53-28-7-6-26-51(53)52-27-8-9-29-54(52)61(55)41-48/h1-43H. The highest BCUT2D eigenvalue weighted by Crippen LogP contribution is 2.64. The molecule has 2 aliphatic carbocycles. The summed E-state index contributed by atoms with van der Waals surface area (Å²) in [6.07, 6.45) is 0. The van der Waals surface area contributed by atoms with Gasteiger partial charge in [0.25, 0.3) is 0 Å². The van der Waals surface area contributed by atoms with Crippen LogP contribution < -0.4 is 4.90 Å². The maximum atomic E-state index is 2.60. The first kappa shape index (κ1) is 39.0. The van der Waals surface area contributed by atoms with E-state index in [4.69, 9.17) is 0 Å². The zero-order chi connectivity index (χ0) is 45.9. The first-order chi connectivity index (χ1) is 34.7. The monoisotopic (exact) mass is 885 g/mol. The minimum atomic E-state index is -0.534. The molecule has 0 radical (unpaired) electrons. The number of hydrogen-bond acceptors (Lipinski definition) is 1. The average Bonchev–Trinajstić information content (AvgIpc) is 3.90. The lowest BCUT2D eigenvalue weighted by molar-refractivity contribution is 0.794. The Morgan fingerprint density at radius 3 is 1.34 bits per heavy atom. The molecule has 0 heterocycles. The molecule has 0 saturated heterocycles. The molecule has 15 rings (SSSR count). The van der Waals surface area contributed by atoms with Crippen molar-refractivity contribution in [3.05, 3.63) is 283 Å². The van der Waals surface area contributed by atoms with Gasteiger partial charge < -0.3 is 4.90 Å². The van der Waals surface area contributed by atoms with Gasteiger partial charge in [-0.15, -0.1) is 0 Å². The molecule has 0 unspecified atom stereocenters. The molecule has 13 aromatic carbocycles. The Balaban J connectivity index is 1.12. The van der Waals surface area contributed by atoms with E-state index in [-0.39, 0.29) is 0 Å². The zero-order valence-electron chi connectivity index (χ0n) is 38.3. The Bertz CT molecular complexity index is 4230. The molecule has 2 aliphatic rings. The predicted octanol–water partition coefficient (Wildman–Crippen LogP) is 18.6. The van der Waals surface area contributed by atoms with E-state index in [2.05, 4.69) is 266 Å². The number of rotatable bonds is 5. The van der Waals surface area contributed by atoms with Crippen LogP contribution in [0.3, 0.4) is 0 Å². The minimum Gasteiger partial charge on any atom is -0.309 e. The second-order valence-corrected chi connectivity index (χ2v) is 19.1. The minimum absolute atomic E-state index is 0.534. The molecule has 0 saturated carbocycles. The summed E-state index contributed by atoms with van der Waals surface area (Å²) in [5.41, 5.74) is 18.0. The van der Waals surface area contributed by atoms with E-state index in [0.717, 1.165) is 22.6 Å². The fraction of sp³-hybridized carbons (Fsp3) is 0.0145. The number of hydrogen-bond donors (Lipinski definition) is 0. The molecule has 0 bridgehead atoms. The van der Waals surface area contributed by atoms with Crippen molar-refractivity contribution in [2.24, 2.45) is 0 Å². The third kappa shape index (κ3) is 5.43.